The quantitative estimate of drug-likeness (QED) is 0.747. The molecule has 1 aromatic rings. The summed E-state index contributed by atoms with van der Waals surface area (Å²) in [5, 5.41) is 0. The Bertz CT molecular complexity index is 368. The molecule has 0 aliphatic rings. The molecule has 0 fully saturated rings. The van der Waals surface area contributed by atoms with Gasteiger partial charge in [0.15, 0.2) is 6.61 Å². The van der Waals surface area contributed by atoms with Crippen molar-refractivity contribution in [2.45, 2.75) is 33.1 Å². The third kappa shape index (κ3) is 4.38. The number of carbonyl (C=O) groups is 1. The first-order chi connectivity index (χ1) is 7.93. The number of aromatic nitrogens is 2. The van der Waals surface area contributed by atoms with Gasteiger partial charge >= 0.3 is 5.97 Å². The molecular formula is C12H18N2O3. The van der Waals surface area contributed by atoms with Crippen LogP contribution in [-0.2, 0) is 14.9 Å². The molecule has 0 N–H and O–H groups in total. The van der Waals surface area contributed by atoms with Crippen molar-refractivity contribution in [3.63, 3.8) is 0 Å². The second-order valence-corrected chi connectivity index (χ2v) is 4.58. The largest absolute Gasteiger partial charge is 0.465 e. The molecule has 0 aromatic carbocycles. The number of rotatable bonds is 4. The van der Waals surface area contributed by atoms with Gasteiger partial charge in [0.05, 0.1) is 24.7 Å². The molecule has 0 spiro atoms. The van der Waals surface area contributed by atoms with Crippen LogP contribution in [0.2, 0.25) is 0 Å². The highest BCUT2D eigenvalue weighted by atomic mass is 16.6. The topological polar surface area (TPSA) is 61.3 Å². The van der Waals surface area contributed by atoms with E-state index in [9.17, 15) is 4.79 Å². The molecule has 5 heteroatoms. The Kier molecular flexibility index (Phi) is 4.43. The highest BCUT2D eigenvalue weighted by molar-refractivity contribution is 5.70. The Labute approximate surface area is 101 Å². The van der Waals surface area contributed by atoms with Crippen LogP contribution in [0.1, 0.15) is 33.4 Å². The highest BCUT2D eigenvalue weighted by Gasteiger charge is 2.15. The zero-order chi connectivity index (χ0) is 12.9. The zero-order valence-electron chi connectivity index (χ0n) is 10.7. The molecule has 0 aliphatic carbocycles. The van der Waals surface area contributed by atoms with Crippen molar-refractivity contribution in [1.82, 2.24) is 9.97 Å². The third-order valence-electron chi connectivity index (χ3n) is 2.04. The fourth-order valence-electron chi connectivity index (χ4n) is 1.11. The van der Waals surface area contributed by atoms with Crippen molar-refractivity contribution in [3.05, 3.63) is 18.1 Å². The second-order valence-electron chi connectivity index (χ2n) is 4.58. The molecule has 0 aliphatic heterocycles. The minimum atomic E-state index is -0.408. The van der Waals surface area contributed by atoms with Crippen molar-refractivity contribution in [2.24, 2.45) is 0 Å². The highest BCUT2D eigenvalue weighted by Crippen LogP contribution is 2.19. The van der Waals surface area contributed by atoms with E-state index in [0.29, 0.717) is 12.5 Å². The fraction of sp³-hybridized carbons (Fsp3) is 0.583. The molecule has 94 valence electrons. The summed E-state index contributed by atoms with van der Waals surface area (Å²) < 4.78 is 9.87. The van der Waals surface area contributed by atoms with Crippen LogP contribution in [-0.4, -0.2) is 29.2 Å². The smallest absolute Gasteiger partial charge is 0.344 e. The van der Waals surface area contributed by atoms with E-state index in [4.69, 9.17) is 9.47 Å². The first-order valence-electron chi connectivity index (χ1n) is 5.54. The summed E-state index contributed by atoms with van der Waals surface area (Å²) in [7, 11) is 0. The fourth-order valence-corrected chi connectivity index (χ4v) is 1.11. The minimum absolute atomic E-state index is 0.0489. The van der Waals surface area contributed by atoms with Gasteiger partial charge in [-0.25, -0.2) is 9.78 Å². The monoisotopic (exact) mass is 238 g/mol. The van der Waals surface area contributed by atoms with E-state index in [1.54, 1.807) is 13.1 Å². The SMILES string of the molecule is CCOC(=O)COc1cnc(C(C)(C)C)cn1. The van der Waals surface area contributed by atoms with Crippen LogP contribution in [0.4, 0.5) is 0 Å². The second kappa shape index (κ2) is 5.61. The van der Waals surface area contributed by atoms with E-state index in [2.05, 4.69) is 30.7 Å². The number of nitrogens with zero attached hydrogens (tertiary/aromatic N) is 2. The maximum absolute atomic E-state index is 11.0. The van der Waals surface area contributed by atoms with Gasteiger partial charge < -0.3 is 9.47 Å². The lowest BCUT2D eigenvalue weighted by atomic mass is 9.93. The van der Waals surface area contributed by atoms with Crippen LogP contribution in [0, 0.1) is 0 Å². The van der Waals surface area contributed by atoms with E-state index in [-0.39, 0.29) is 12.0 Å². The van der Waals surface area contributed by atoms with Crippen LogP contribution in [0.25, 0.3) is 0 Å². The standard InChI is InChI=1S/C12H18N2O3/c1-5-16-11(15)8-17-10-7-13-9(6-14-10)12(2,3)4/h6-7H,5,8H2,1-4H3. The number of hydrogen-bond acceptors (Lipinski definition) is 5. The van der Waals surface area contributed by atoms with E-state index in [1.807, 2.05) is 0 Å². The Morgan fingerprint density at radius 3 is 2.47 bits per heavy atom. The Morgan fingerprint density at radius 2 is 2.00 bits per heavy atom. The van der Waals surface area contributed by atoms with E-state index in [0.717, 1.165) is 5.69 Å². The Morgan fingerprint density at radius 1 is 1.29 bits per heavy atom. The molecular weight excluding hydrogens is 220 g/mol. The van der Waals surface area contributed by atoms with Gasteiger partial charge in [-0.2, -0.15) is 0 Å². The minimum Gasteiger partial charge on any atom is -0.465 e. The average Bonchev–Trinajstić information content (AvgIpc) is 2.26. The van der Waals surface area contributed by atoms with E-state index < -0.39 is 5.97 Å². The van der Waals surface area contributed by atoms with Gasteiger partial charge in [-0.1, -0.05) is 20.8 Å². The summed E-state index contributed by atoms with van der Waals surface area (Å²) in [6, 6.07) is 0. The van der Waals surface area contributed by atoms with Crippen molar-refractivity contribution in [3.8, 4) is 5.88 Å². The molecule has 0 saturated heterocycles. The van der Waals surface area contributed by atoms with E-state index in [1.165, 1.54) is 6.20 Å². The molecule has 17 heavy (non-hydrogen) atoms. The number of ether oxygens (including phenoxy) is 2. The number of esters is 1. The zero-order valence-corrected chi connectivity index (χ0v) is 10.7. The summed E-state index contributed by atoms with van der Waals surface area (Å²) in [4.78, 5) is 19.4. The van der Waals surface area contributed by atoms with Gasteiger partial charge in [0.25, 0.3) is 0 Å². The van der Waals surface area contributed by atoms with Crippen LogP contribution in [0.3, 0.4) is 0 Å². The molecule has 1 aromatic heterocycles. The predicted molar refractivity (Wildman–Crippen MR) is 62.9 cm³/mol. The van der Waals surface area contributed by atoms with Crippen LogP contribution >= 0.6 is 0 Å². The summed E-state index contributed by atoms with van der Waals surface area (Å²) >= 11 is 0. The number of carbonyl (C=O) groups excluding carboxylic acids is 1. The van der Waals surface area contributed by atoms with Crippen LogP contribution < -0.4 is 4.74 Å². The van der Waals surface area contributed by atoms with Gasteiger partial charge in [0, 0.05) is 5.41 Å². The van der Waals surface area contributed by atoms with Crippen molar-refractivity contribution >= 4 is 5.97 Å². The van der Waals surface area contributed by atoms with Gasteiger partial charge in [-0.3, -0.25) is 4.98 Å². The average molecular weight is 238 g/mol. The molecule has 5 nitrogen and oxygen atoms in total. The molecule has 0 atom stereocenters. The lowest BCUT2D eigenvalue weighted by Crippen LogP contribution is -2.16. The first kappa shape index (κ1) is 13.4. The lowest BCUT2D eigenvalue weighted by Gasteiger charge is -2.16. The molecule has 0 unspecified atom stereocenters. The van der Waals surface area contributed by atoms with Crippen molar-refractivity contribution in [2.75, 3.05) is 13.2 Å². The molecule has 0 saturated carbocycles. The van der Waals surface area contributed by atoms with E-state index >= 15 is 0 Å². The molecule has 0 bridgehead atoms. The summed E-state index contributed by atoms with van der Waals surface area (Å²) in [5.74, 6) is -0.0831. The first-order valence-corrected chi connectivity index (χ1v) is 5.54. The Balaban J connectivity index is 2.54. The van der Waals surface area contributed by atoms with Gasteiger partial charge in [0.2, 0.25) is 5.88 Å². The lowest BCUT2D eigenvalue weighted by molar-refractivity contribution is -0.145. The number of hydrogen-bond donors (Lipinski definition) is 0. The van der Waals surface area contributed by atoms with Crippen LogP contribution in [0.5, 0.6) is 5.88 Å². The van der Waals surface area contributed by atoms with Gasteiger partial charge in [-0.15, -0.1) is 0 Å². The van der Waals surface area contributed by atoms with Crippen molar-refractivity contribution in [1.29, 1.82) is 0 Å². The maximum atomic E-state index is 11.0. The molecule has 0 radical (unpaired) electrons. The maximum Gasteiger partial charge on any atom is 0.344 e. The van der Waals surface area contributed by atoms with Crippen LogP contribution in [0.15, 0.2) is 12.4 Å². The van der Waals surface area contributed by atoms with Gasteiger partial charge in [-0.05, 0) is 6.92 Å². The predicted octanol–water partition coefficient (Wildman–Crippen LogP) is 1.72. The summed E-state index contributed by atoms with van der Waals surface area (Å²) in [6.45, 7) is 8.10. The third-order valence-corrected chi connectivity index (χ3v) is 2.04. The van der Waals surface area contributed by atoms with Crippen molar-refractivity contribution < 1.29 is 14.3 Å². The summed E-state index contributed by atoms with van der Waals surface area (Å²) in [5.41, 5.74) is 0.827. The molecule has 0 amide bonds. The Hall–Kier alpha value is -1.65. The summed E-state index contributed by atoms with van der Waals surface area (Å²) in [6.07, 6.45) is 3.17. The van der Waals surface area contributed by atoms with Gasteiger partial charge in [0.1, 0.15) is 0 Å². The molecule has 1 heterocycles. The normalized spacial score (nSPS) is 11.1. The molecule has 1 rings (SSSR count).